The number of nitrogens with zero attached hydrogens (tertiary/aromatic N) is 1. The van der Waals surface area contributed by atoms with Crippen LogP contribution in [0, 0.1) is 24.6 Å². The summed E-state index contributed by atoms with van der Waals surface area (Å²) in [4.78, 5) is 15.7. The lowest BCUT2D eigenvalue weighted by Gasteiger charge is -2.08. The minimum Gasteiger partial charge on any atom is -0.322 e. The zero-order chi connectivity index (χ0) is 15.2. The number of rotatable bonds is 2. The Morgan fingerprint density at radius 3 is 2.86 bits per heavy atom. The first-order chi connectivity index (χ1) is 10.1. The molecule has 0 aliphatic rings. The van der Waals surface area contributed by atoms with Gasteiger partial charge in [0.2, 0.25) is 0 Å². The second-order valence-corrected chi connectivity index (χ2v) is 4.38. The minimum absolute atomic E-state index is 0.168. The fourth-order valence-corrected chi connectivity index (χ4v) is 1.77. The van der Waals surface area contributed by atoms with Gasteiger partial charge in [-0.25, -0.2) is 4.39 Å². The van der Waals surface area contributed by atoms with E-state index in [2.05, 4.69) is 22.1 Å². The highest BCUT2D eigenvalue weighted by Gasteiger charge is 2.09. The normalized spacial score (nSPS) is 9.67. The third-order valence-corrected chi connectivity index (χ3v) is 2.78. The summed E-state index contributed by atoms with van der Waals surface area (Å²) in [6.45, 7) is 2.15. The van der Waals surface area contributed by atoms with Gasteiger partial charge in [-0.1, -0.05) is 11.8 Å². The number of nitrogens with two attached hydrogens (primary N) is 1. The van der Waals surface area contributed by atoms with Crippen LogP contribution >= 0.6 is 0 Å². The van der Waals surface area contributed by atoms with Crippen LogP contribution in [0.5, 0.6) is 0 Å². The van der Waals surface area contributed by atoms with Gasteiger partial charge >= 0.3 is 0 Å². The van der Waals surface area contributed by atoms with Crippen molar-refractivity contribution in [3.05, 3.63) is 59.2 Å². The summed E-state index contributed by atoms with van der Waals surface area (Å²) in [6.07, 6.45) is 2.36. The molecule has 4 nitrogen and oxygen atoms in total. The predicted molar refractivity (Wildman–Crippen MR) is 79.3 cm³/mol. The molecule has 0 unspecified atom stereocenters. The molecule has 0 fully saturated rings. The Labute approximate surface area is 122 Å². The Balaban J connectivity index is 2.18. The lowest BCUT2D eigenvalue weighted by molar-refractivity contribution is 0.102. The number of amides is 1. The molecule has 5 heteroatoms. The van der Waals surface area contributed by atoms with E-state index < -0.39 is 11.7 Å². The number of benzene rings is 1. The second-order valence-electron chi connectivity index (χ2n) is 4.38. The number of carbonyl (C=O) groups is 1. The van der Waals surface area contributed by atoms with Gasteiger partial charge < -0.3 is 11.1 Å². The highest BCUT2D eigenvalue weighted by Crippen LogP contribution is 2.17. The summed E-state index contributed by atoms with van der Waals surface area (Å²) in [5.41, 5.74) is 7.81. The van der Waals surface area contributed by atoms with Gasteiger partial charge in [0.25, 0.3) is 5.91 Å². The van der Waals surface area contributed by atoms with Gasteiger partial charge in [0, 0.05) is 17.4 Å². The SMILES string of the molecule is Cc1cc(C#CCN)ccc1NC(=O)c1cncc(F)c1. The maximum absolute atomic E-state index is 13.0. The maximum Gasteiger partial charge on any atom is 0.257 e. The molecule has 1 aromatic carbocycles. The van der Waals surface area contributed by atoms with Crippen molar-refractivity contribution in [2.24, 2.45) is 5.73 Å². The molecule has 106 valence electrons. The number of halogens is 1. The Morgan fingerprint density at radius 2 is 2.19 bits per heavy atom. The van der Waals surface area contributed by atoms with E-state index in [-0.39, 0.29) is 5.56 Å². The zero-order valence-electron chi connectivity index (χ0n) is 11.5. The first kappa shape index (κ1) is 14.7. The smallest absolute Gasteiger partial charge is 0.257 e. The van der Waals surface area contributed by atoms with Crippen LogP contribution in [0.3, 0.4) is 0 Å². The average Bonchev–Trinajstić information content (AvgIpc) is 2.47. The van der Waals surface area contributed by atoms with Crippen LogP contribution < -0.4 is 11.1 Å². The summed E-state index contributed by atoms with van der Waals surface area (Å²) in [5.74, 6) is 4.72. The van der Waals surface area contributed by atoms with E-state index in [0.717, 1.165) is 23.4 Å². The van der Waals surface area contributed by atoms with Crippen molar-refractivity contribution in [1.82, 2.24) is 4.98 Å². The van der Waals surface area contributed by atoms with Gasteiger partial charge in [0.15, 0.2) is 0 Å². The highest BCUT2D eigenvalue weighted by atomic mass is 19.1. The van der Waals surface area contributed by atoms with E-state index in [1.54, 1.807) is 12.1 Å². The number of anilines is 1. The third kappa shape index (κ3) is 3.88. The zero-order valence-corrected chi connectivity index (χ0v) is 11.5. The number of pyridine rings is 1. The molecule has 2 rings (SSSR count). The van der Waals surface area contributed by atoms with Crippen molar-refractivity contribution in [3.63, 3.8) is 0 Å². The molecule has 0 saturated carbocycles. The monoisotopic (exact) mass is 283 g/mol. The minimum atomic E-state index is -0.549. The predicted octanol–water partition coefficient (Wildman–Crippen LogP) is 2.09. The van der Waals surface area contributed by atoms with E-state index in [1.807, 2.05) is 13.0 Å². The fourth-order valence-electron chi connectivity index (χ4n) is 1.77. The third-order valence-electron chi connectivity index (χ3n) is 2.78. The molecule has 1 aromatic heterocycles. The van der Waals surface area contributed by atoms with E-state index in [1.165, 1.54) is 6.20 Å². The molecule has 1 heterocycles. The summed E-state index contributed by atoms with van der Waals surface area (Å²) >= 11 is 0. The quantitative estimate of drug-likeness (QED) is 0.829. The van der Waals surface area contributed by atoms with Gasteiger partial charge in [0.05, 0.1) is 18.3 Å². The number of aryl methyl sites for hydroxylation is 1. The fraction of sp³-hybridized carbons (Fsp3) is 0.125. The van der Waals surface area contributed by atoms with Crippen LogP contribution in [-0.2, 0) is 0 Å². The lowest BCUT2D eigenvalue weighted by atomic mass is 10.1. The highest BCUT2D eigenvalue weighted by molar-refractivity contribution is 6.04. The molecule has 1 amide bonds. The Bertz CT molecular complexity index is 732. The van der Waals surface area contributed by atoms with Crippen molar-refractivity contribution in [2.45, 2.75) is 6.92 Å². The van der Waals surface area contributed by atoms with Crippen LogP contribution in [0.15, 0.2) is 36.7 Å². The molecule has 0 saturated heterocycles. The maximum atomic E-state index is 13.0. The van der Waals surface area contributed by atoms with Crippen LogP contribution in [0.2, 0.25) is 0 Å². The Kier molecular flexibility index (Phi) is 4.64. The molecule has 0 atom stereocenters. The average molecular weight is 283 g/mol. The molecular formula is C16H14FN3O. The van der Waals surface area contributed by atoms with Crippen LogP contribution in [-0.4, -0.2) is 17.4 Å². The standard InChI is InChI=1S/C16H14FN3O/c1-11-7-12(3-2-6-18)4-5-15(11)20-16(21)13-8-14(17)10-19-9-13/h4-5,7-10H,6,18H2,1H3,(H,20,21). The van der Waals surface area contributed by atoms with Crippen molar-refractivity contribution in [3.8, 4) is 11.8 Å². The van der Waals surface area contributed by atoms with Gasteiger partial charge in [-0.3, -0.25) is 9.78 Å². The van der Waals surface area contributed by atoms with Crippen LogP contribution in [0.4, 0.5) is 10.1 Å². The van der Waals surface area contributed by atoms with Crippen LogP contribution in [0.25, 0.3) is 0 Å². The molecule has 0 spiro atoms. The van der Waals surface area contributed by atoms with Gasteiger partial charge in [0.1, 0.15) is 5.82 Å². The molecule has 0 radical (unpaired) electrons. The van der Waals surface area contributed by atoms with Gasteiger partial charge in [-0.2, -0.15) is 0 Å². The molecule has 0 aliphatic carbocycles. The van der Waals surface area contributed by atoms with E-state index in [0.29, 0.717) is 12.2 Å². The van der Waals surface area contributed by atoms with Crippen molar-refractivity contribution >= 4 is 11.6 Å². The molecule has 2 aromatic rings. The first-order valence-electron chi connectivity index (χ1n) is 6.31. The first-order valence-corrected chi connectivity index (χ1v) is 6.31. The summed E-state index contributed by atoms with van der Waals surface area (Å²) in [6, 6.07) is 6.52. The summed E-state index contributed by atoms with van der Waals surface area (Å²) < 4.78 is 13.0. The Hall–Kier alpha value is -2.71. The number of nitrogens with one attached hydrogen (secondary N) is 1. The van der Waals surface area contributed by atoms with E-state index in [4.69, 9.17) is 5.73 Å². The number of carbonyl (C=O) groups excluding carboxylic acids is 1. The second kappa shape index (κ2) is 6.64. The van der Waals surface area contributed by atoms with E-state index >= 15 is 0 Å². The van der Waals surface area contributed by atoms with Gasteiger partial charge in [-0.05, 0) is 36.8 Å². The number of hydrogen-bond donors (Lipinski definition) is 2. The molecule has 0 aliphatic heterocycles. The summed E-state index contributed by atoms with van der Waals surface area (Å²) in [5, 5.41) is 2.72. The number of hydrogen-bond acceptors (Lipinski definition) is 3. The molecule has 0 bridgehead atoms. The molecule has 21 heavy (non-hydrogen) atoms. The van der Waals surface area contributed by atoms with Gasteiger partial charge in [-0.15, -0.1) is 0 Å². The van der Waals surface area contributed by atoms with E-state index in [9.17, 15) is 9.18 Å². The molecular weight excluding hydrogens is 269 g/mol. The van der Waals surface area contributed by atoms with Crippen molar-refractivity contribution < 1.29 is 9.18 Å². The molecule has 3 N–H and O–H groups in total. The van der Waals surface area contributed by atoms with Crippen molar-refractivity contribution in [2.75, 3.05) is 11.9 Å². The largest absolute Gasteiger partial charge is 0.322 e. The topological polar surface area (TPSA) is 68.0 Å². The number of aromatic nitrogens is 1. The van der Waals surface area contributed by atoms with Crippen LogP contribution in [0.1, 0.15) is 21.5 Å². The lowest BCUT2D eigenvalue weighted by Crippen LogP contribution is -2.13. The van der Waals surface area contributed by atoms with Crippen molar-refractivity contribution in [1.29, 1.82) is 0 Å². The Morgan fingerprint density at radius 1 is 1.38 bits per heavy atom. The summed E-state index contributed by atoms with van der Waals surface area (Å²) in [7, 11) is 0.